The molecule has 3 atom stereocenters. The molecule has 0 spiro atoms. The maximum absolute atomic E-state index is 13.9. The highest BCUT2D eigenvalue weighted by atomic mass is 16.5. The Hall–Kier alpha value is -4.26. The molecule has 0 aliphatic carbocycles. The van der Waals surface area contributed by atoms with Crippen LogP contribution in [0.1, 0.15) is 43.2 Å². The first-order valence-electron chi connectivity index (χ1n) is 12.3. The zero-order valence-electron chi connectivity index (χ0n) is 20.7. The highest BCUT2D eigenvalue weighted by molar-refractivity contribution is 6.08. The SMILES string of the molecule is CC(=O)OC[C@]1(C)CC2/C(=C\c3ccccn3)C(=O)N2[C@H]1C(=O)OC(c1ccccc1)c1ccccc1. The molecular weight excluding hydrogens is 468 g/mol. The fraction of sp³-hybridized carbons (Fsp3) is 0.267. The molecule has 2 aliphatic rings. The standard InChI is InChI=1S/C30H28N2O5/c1-20(33)36-19-30(2)18-25-24(17-23-15-9-10-16-31-23)28(34)32(25)27(30)29(35)37-26(21-11-5-3-6-12-21)22-13-7-4-8-14-22/h3-17,25-27H,18-19H2,1-2H3/b24-17+/t25?,27-,30-/m0/s1. The third kappa shape index (κ3) is 4.77. The summed E-state index contributed by atoms with van der Waals surface area (Å²) >= 11 is 0. The van der Waals surface area contributed by atoms with Gasteiger partial charge in [-0.3, -0.25) is 14.6 Å². The number of amides is 1. The van der Waals surface area contributed by atoms with Gasteiger partial charge in [-0.1, -0.05) is 73.7 Å². The van der Waals surface area contributed by atoms with E-state index in [0.717, 1.165) is 11.1 Å². The molecule has 7 nitrogen and oxygen atoms in total. The van der Waals surface area contributed by atoms with Gasteiger partial charge in [-0.25, -0.2) is 4.79 Å². The van der Waals surface area contributed by atoms with Gasteiger partial charge >= 0.3 is 11.9 Å². The molecule has 0 radical (unpaired) electrons. The summed E-state index contributed by atoms with van der Waals surface area (Å²) in [6.07, 6.45) is 3.25. The van der Waals surface area contributed by atoms with Crippen molar-refractivity contribution in [2.24, 2.45) is 5.41 Å². The predicted molar refractivity (Wildman–Crippen MR) is 137 cm³/mol. The number of hydrogen-bond acceptors (Lipinski definition) is 6. The third-order valence-corrected chi connectivity index (χ3v) is 7.03. The number of β-lactam (4-membered cyclic amide) rings is 1. The Balaban J connectivity index is 1.47. The summed E-state index contributed by atoms with van der Waals surface area (Å²) in [5.41, 5.74) is 2.09. The fourth-order valence-electron chi connectivity index (χ4n) is 5.26. The Bertz CT molecular complexity index is 1290. The molecule has 0 bridgehead atoms. The van der Waals surface area contributed by atoms with E-state index in [0.29, 0.717) is 17.7 Å². The van der Waals surface area contributed by atoms with Crippen molar-refractivity contribution in [1.82, 2.24) is 9.88 Å². The number of esters is 2. The zero-order valence-corrected chi connectivity index (χ0v) is 20.7. The van der Waals surface area contributed by atoms with Gasteiger partial charge in [-0.05, 0) is 35.8 Å². The van der Waals surface area contributed by atoms with Crippen LogP contribution < -0.4 is 0 Å². The molecule has 188 valence electrons. The number of ether oxygens (including phenoxy) is 2. The summed E-state index contributed by atoms with van der Waals surface area (Å²) in [6.45, 7) is 3.20. The molecule has 3 aromatic rings. The number of carbonyl (C=O) groups excluding carboxylic acids is 3. The van der Waals surface area contributed by atoms with Crippen molar-refractivity contribution in [2.45, 2.75) is 38.5 Å². The molecule has 0 saturated carbocycles. The maximum Gasteiger partial charge on any atom is 0.330 e. The first-order valence-corrected chi connectivity index (χ1v) is 12.3. The van der Waals surface area contributed by atoms with E-state index in [1.165, 1.54) is 6.92 Å². The minimum absolute atomic E-state index is 0.000583. The first kappa shape index (κ1) is 24.4. The van der Waals surface area contributed by atoms with E-state index in [9.17, 15) is 14.4 Å². The molecule has 1 amide bonds. The van der Waals surface area contributed by atoms with Crippen molar-refractivity contribution in [3.05, 3.63) is 107 Å². The lowest BCUT2D eigenvalue weighted by atomic mass is 9.81. The number of carbonyl (C=O) groups is 3. The second-order valence-electron chi connectivity index (χ2n) is 9.76. The molecule has 1 unspecified atom stereocenters. The minimum atomic E-state index is -0.903. The van der Waals surface area contributed by atoms with E-state index in [-0.39, 0.29) is 18.6 Å². The maximum atomic E-state index is 13.9. The summed E-state index contributed by atoms with van der Waals surface area (Å²) in [6, 6.07) is 23.3. The average molecular weight is 497 g/mol. The van der Waals surface area contributed by atoms with Crippen LogP contribution in [0.5, 0.6) is 0 Å². The number of rotatable bonds is 7. The molecule has 2 saturated heterocycles. The topological polar surface area (TPSA) is 85.8 Å². The van der Waals surface area contributed by atoms with Crippen LogP contribution >= 0.6 is 0 Å². The van der Waals surface area contributed by atoms with E-state index in [2.05, 4.69) is 4.98 Å². The Kier molecular flexibility index (Phi) is 6.61. The highest BCUT2D eigenvalue weighted by Gasteiger charge is 2.63. The van der Waals surface area contributed by atoms with Gasteiger partial charge in [0.15, 0.2) is 6.10 Å². The number of fused-ring (bicyclic) bond motifs is 1. The Labute approximate surface area is 215 Å². The van der Waals surface area contributed by atoms with E-state index in [4.69, 9.17) is 9.47 Å². The predicted octanol–water partition coefficient (Wildman–Crippen LogP) is 4.35. The molecule has 2 aliphatic heterocycles. The quantitative estimate of drug-likeness (QED) is 0.275. The summed E-state index contributed by atoms with van der Waals surface area (Å²) in [4.78, 5) is 44.8. The molecule has 5 rings (SSSR count). The lowest BCUT2D eigenvalue weighted by molar-refractivity contribution is -0.165. The lowest BCUT2D eigenvalue weighted by Gasteiger charge is -2.41. The summed E-state index contributed by atoms with van der Waals surface area (Å²) in [7, 11) is 0. The number of nitrogens with zero attached hydrogens (tertiary/aromatic N) is 2. The second-order valence-corrected chi connectivity index (χ2v) is 9.76. The van der Waals surface area contributed by atoms with Crippen molar-refractivity contribution in [3.63, 3.8) is 0 Å². The Morgan fingerprint density at radius 3 is 2.22 bits per heavy atom. The van der Waals surface area contributed by atoms with Crippen LogP contribution in [0, 0.1) is 5.41 Å². The molecule has 2 fully saturated rings. The molecule has 7 heteroatoms. The van der Waals surface area contributed by atoms with Crippen LogP contribution in [0.2, 0.25) is 0 Å². The van der Waals surface area contributed by atoms with Gasteiger partial charge in [-0.15, -0.1) is 0 Å². The van der Waals surface area contributed by atoms with Gasteiger partial charge in [0, 0.05) is 24.1 Å². The molecule has 0 N–H and O–H groups in total. The van der Waals surface area contributed by atoms with Crippen LogP contribution in [0.4, 0.5) is 0 Å². The zero-order chi connectivity index (χ0) is 26.0. The lowest BCUT2D eigenvalue weighted by Crippen LogP contribution is -2.58. The smallest absolute Gasteiger partial charge is 0.330 e. The van der Waals surface area contributed by atoms with E-state index < -0.39 is 29.5 Å². The molecule has 37 heavy (non-hydrogen) atoms. The summed E-state index contributed by atoms with van der Waals surface area (Å²) < 4.78 is 11.5. The van der Waals surface area contributed by atoms with Crippen molar-refractivity contribution >= 4 is 23.9 Å². The third-order valence-electron chi connectivity index (χ3n) is 7.03. The summed E-state index contributed by atoms with van der Waals surface area (Å²) in [5.74, 6) is -1.20. The van der Waals surface area contributed by atoms with Gasteiger partial charge in [0.25, 0.3) is 5.91 Å². The van der Waals surface area contributed by atoms with Crippen molar-refractivity contribution < 1.29 is 23.9 Å². The average Bonchev–Trinajstić information content (AvgIpc) is 3.20. The van der Waals surface area contributed by atoms with Gasteiger partial charge in [0.2, 0.25) is 0 Å². The second kappa shape index (κ2) is 10.0. The first-order chi connectivity index (χ1) is 17.9. The summed E-state index contributed by atoms with van der Waals surface area (Å²) in [5, 5.41) is 0. The highest BCUT2D eigenvalue weighted by Crippen LogP contribution is 2.50. The molecule has 2 aromatic carbocycles. The van der Waals surface area contributed by atoms with Crippen molar-refractivity contribution in [3.8, 4) is 0 Å². The molecule has 3 heterocycles. The number of hydrogen-bond donors (Lipinski definition) is 0. The van der Waals surface area contributed by atoms with Crippen LogP contribution in [0.3, 0.4) is 0 Å². The monoisotopic (exact) mass is 496 g/mol. The van der Waals surface area contributed by atoms with Gasteiger partial charge in [0.1, 0.15) is 6.04 Å². The number of aromatic nitrogens is 1. The van der Waals surface area contributed by atoms with Crippen LogP contribution in [0.25, 0.3) is 6.08 Å². The van der Waals surface area contributed by atoms with E-state index in [1.54, 1.807) is 17.2 Å². The number of benzene rings is 2. The van der Waals surface area contributed by atoms with E-state index >= 15 is 0 Å². The number of pyridine rings is 1. The molecule has 1 aromatic heterocycles. The van der Waals surface area contributed by atoms with E-state index in [1.807, 2.05) is 85.8 Å². The van der Waals surface area contributed by atoms with Crippen LogP contribution in [-0.2, 0) is 23.9 Å². The Morgan fingerprint density at radius 2 is 1.65 bits per heavy atom. The normalized spacial score (nSPS) is 23.5. The van der Waals surface area contributed by atoms with Crippen molar-refractivity contribution in [2.75, 3.05) is 6.61 Å². The minimum Gasteiger partial charge on any atom is -0.465 e. The largest absolute Gasteiger partial charge is 0.465 e. The molecular formula is C30H28N2O5. The van der Waals surface area contributed by atoms with Gasteiger partial charge < -0.3 is 14.4 Å². The fourth-order valence-corrected chi connectivity index (χ4v) is 5.26. The van der Waals surface area contributed by atoms with Crippen LogP contribution in [0.15, 0.2) is 90.6 Å². The van der Waals surface area contributed by atoms with Gasteiger partial charge in [-0.2, -0.15) is 0 Å². The van der Waals surface area contributed by atoms with Crippen LogP contribution in [-0.4, -0.2) is 46.4 Å². The van der Waals surface area contributed by atoms with Crippen molar-refractivity contribution in [1.29, 1.82) is 0 Å². The van der Waals surface area contributed by atoms with Gasteiger partial charge in [0.05, 0.1) is 18.3 Å². The Morgan fingerprint density at radius 1 is 1.03 bits per heavy atom.